The number of carbonyl (C=O) groups is 2. The maximum absolute atomic E-state index is 13.4. The molecule has 2 fully saturated rings. The first kappa shape index (κ1) is 22.9. The number of nitrogens with one attached hydrogen (secondary N) is 1. The molecule has 1 N–H and O–H groups in total. The number of pyridine rings is 1. The number of ether oxygens (including phenoxy) is 1. The predicted octanol–water partition coefficient (Wildman–Crippen LogP) is 4.38. The van der Waals surface area contributed by atoms with Crippen molar-refractivity contribution in [3.05, 3.63) is 71.4 Å². The lowest BCUT2D eigenvalue weighted by molar-refractivity contribution is -0.146. The van der Waals surface area contributed by atoms with Gasteiger partial charge in [0, 0.05) is 41.0 Å². The van der Waals surface area contributed by atoms with Crippen molar-refractivity contribution in [2.24, 2.45) is 0 Å². The number of likely N-dealkylation sites (tertiary alicyclic amines) is 1. The molecule has 7 heteroatoms. The average Bonchev–Trinajstić information content (AvgIpc) is 3.65. The summed E-state index contributed by atoms with van der Waals surface area (Å²) in [7, 11) is 1.42. The largest absolute Gasteiger partial charge is 0.468 e. The van der Waals surface area contributed by atoms with E-state index in [1.165, 1.54) is 12.0 Å². The van der Waals surface area contributed by atoms with Crippen LogP contribution in [0.2, 0.25) is 0 Å². The van der Waals surface area contributed by atoms with Gasteiger partial charge in [0.2, 0.25) is 0 Å². The van der Waals surface area contributed by atoms with Crippen LogP contribution in [0.25, 0.3) is 10.9 Å². The van der Waals surface area contributed by atoms with Gasteiger partial charge in [0.25, 0.3) is 5.91 Å². The molecule has 1 aromatic heterocycles. The van der Waals surface area contributed by atoms with Crippen LogP contribution in [0.15, 0.2) is 59.5 Å². The summed E-state index contributed by atoms with van der Waals surface area (Å²) in [6.45, 7) is 1.22. The van der Waals surface area contributed by atoms with Crippen molar-refractivity contribution in [3.8, 4) is 0 Å². The summed E-state index contributed by atoms with van der Waals surface area (Å²) in [6.07, 6.45) is 4.83. The van der Waals surface area contributed by atoms with Crippen LogP contribution in [0.4, 0.5) is 0 Å². The van der Waals surface area contributed by atoms with Crippen LogP contribution in [0, 0.1) is 0 Å². The molecule has 1 aliphatic heterocycles. The number of benzene rings is 2. The van der Waals surface area contributed by atoms with E-state index in [2.05, 4.69) is 40.7 Å². The molecule has 34 heavy (non-hydrogen) atoms. The molecular formula is C27H29N3O3S. The van der Waals surface area contributed by atoms with Crippen LogP contribution in [-0.4, -0.2) is 53.8 Å². The Labute approximate surface area is 204 Å². The Kier molecular flexibility index (Phi) is 6.57. The number of rotatable bonds is 7. The Hall–Kier alpha value is -2.90. The Balaban J connectivity index is 1.35. The summed E-state index contributed by atoms with van der Waals surface area (Å²) >= 11 is 1.70. The standard InChI is InChI=1S/C27H29N3O3S/c1-33-27(32)25-13-19(16-30(25)15-17-7-11-20(34-2)12-8-17)28-26(31)22-14-24(18-9-10-18)29-23-6-4-3-5-21(22)23/h3-8,11-12,14,18-19,25H,9-10,13,15-16H2,1-2H3,(H,28,31)/t19-,25+/m1/s1. The number of esters is 1. The van der Waals surface area contributed by atoms with Crippen molar-refractivity contribution in [3.63, 3.8) is 0 Å². The number of hydrogen-bond acceptors (Lipinski definition) is 6. The highest BCUT2D eigenvalue weighted by Gasteiger charge is 2.38. The SMILES string of the molecule is COC(=O)[C@@H]1C[C@@H](NC(=O)c2cc(C3CC3)nc3ccccc23)CN1Cc1ccc(SC)cc1. The molecule has 0 unspecified atom stereocenters. The van der Waals surface area contributed by atoms with Gasteiger partial charge >= 0.3 is 5.97 Å². The highest BCUT2D eigenvalue weighted by atomic mass is 32.2. The topological polar surface area (TPSA) is 71.5 Å². The second-order valence-electron chi connectivity index (χ2n) is 9.11. The Bertz CT molecular complexity index is 1210. The third-order valence-corrected chi connectivity index (χ3v) is 7.48. The molecule has 6 nitrogen and oxygen atoms in total. The third kappa shape index (κ3) is 4.81. The first-order valence-corrected chi connectivity index (χ1v) is 12.9. The first-order chi connectivity index (χ1) is 16.6. The van der Waals surface area contributed by atoms with Crippen LogP contribution in [0.3, 0.4) is 0 Å². The molecule has 2 aromatic carbocycles. The lowest BCUT2D eigenvalue weighted by Gasteiger charge is -2.22. The number of aromatic nitrogens is 1. The van der Waals surface area contributed by atoms with Crippen LogP contribution < -0.4 is 5.32 Å². The molecule has 1 aliphatic carbocycles. The summed E-state index contributed by atoms with van der Waals surface area (Å²) in [4.78, 5) is 34.0. The van der Waals surface area contributed by atoms with E-state index in [4.69, 9.17) is 9.72 Å². The average molecular weight is 476 g/mol. The van der Waals surface area contributed by atoms with Crippen molar-refractivity contribution in [1.29, 1.82) is 0 Å². The van der Waals surface area contributed by atoms with Crippen molar-refractivity contribution in [2.45, 2.75) is 48.7 Å². The number of para-hydroxylation sites is 1. The van der Waals surface area contributed by atoms with Crippen LogP contribution in [0.5, 0.6) is 0 Å². The first-order valence-electron chi connectivity index (χ1n) is 11.7. The number of methoxy groups -OCH3 is 1. The van der Waals surface area contributed by atoms with E-state index >= 15 is 0 Å². The maximum atomic E-state index is 13.4. The number of fused-ring (bicyclic) bond motifs is 1. The molecule has 5 rings (SSSR count). The molecule has 176 valence electrons. The van der Waals surface area contributed by atoms with Crippen LogP contribution in [0.1, 0.15) is 46.8 Å². The van der Waals surface area contributed by atoms with Gasteiger partial charge in [-0.25, -0.2) is 0 Å². The molecule has 3 aromatic rings. The highest BCUT2D eigenvalue weighted by Crippen LogP contribution is 2.40. The van der Waals surface area contributed by atoms with E-state index in [9.17, 15) is 9.59 Å². The monoisotopic (exact) mass is 475 g/mol. The van der Waals surface area contributed by atoms with Gasteiger partial charge in [-0.3, -0.25) is 19.5 Å². The summed E-state index contributed by atoms with van der Waals surface area (Å²) in [5.74, 6) is 0.0856. The maximum Gasteiger partial charge on any atom is 0.323 e. The second-order valence-corrected chi connectivity index (χ2v) is 9.99. The lowest BCUT2D eigenvalue weighted by atomic mass is 10.0. The van der Waals surface area contributed by atoms with E-state index in [1.54, 1.807) is 11.8 Å². The Morgan fingerprint density at radius 3 is 2.62 bits per heavy atom. The van der Waals surface area contributed by atoms with Gasteiger partial charge in [-0.2, -0.15) is 0 Å². The molecular weight excluding hydrogens is 446 g/mol. The zero-order chi connectivity index (χ0) is 23.7. The van der Waals surface area contributed by atoms with Crippen LogP contribution in [-0.2, 0) is 16.1 Å². The summed E-state index contributed by atoms with van der Waals surface area (Å²) in [5.41, 5.74) is 3.64. The number of thioether (sulfide) groups is 1. The smallest absolute Gasteiger partial charge is 0.323 e. The molecule has 1 saturated carbocycles. The number of carbonyl (C=O) groups excluding carboxylic acids is 2. The quantitative estimate of drug-likeness (QED) is 0.404. The van der Waals surface area contributed by atoms with E-state index < -0.39 is 0 Å². The minimum atomic E-state index is -0.383. The molecule has 1 amide bonds. The summed E-state index contributed by atoms with van der Waals surface area (Å²) in [6, 6.07) is 17.6. The Morgan fingerprint density at radius 2 is 1.91 bits per heavy atom. The van der Waals surface area contributed by atoms with Crippen LogP contribution >= 0.6 is 11.8 Å². The fourth-order valence-corrected chi connectivity index (χ4v) is 5.17. The summed E-state index contributed by atoms with van der Waals surface area (Å²) in [5, 5.41) is 4.06. The molecule has 0 bridgehead atoms. The third-order valence-electron chi connectivity index (χ3n) is 6.73. The van der Waals surface area contributed by atoms with Gasteiger partial charge in [0.05, 0.1) is 18.2 Å². The van der Waals surface area contributed by atoms with E-state index in [0.29, 0.717) is 31.0 Å². The number of amides is 1. The Morgan fingerprint density at radius 1 is 1.15 bits per heavy atom. The van der Waals surface area contributed by atoms with Crippen molar-refractivity contribution in [2.75, 3.05) is 19.9 Å². The molecule has 2 heterocycles. The molecule has 2 aliphatic rings. The molecule has 0 spiro atoms. The van der Waals surface area contributed by atoms with Gasteiger partial charge in [-0.05, 0) is 55.3 Å². The predicted molar refractivity (Wildman–Crippen MR) is 134 cm³/mol. The van der Waals surface area contributed by atoms with E-state index in [1.807, 2.05) is 30.3 Å². The molecule has 0 radical (unpaired) electrons. The van der Waals surface area contributed by atoms with Gasteiger partial charge in [0.15, 0.2) is 0 Å². The van der Waals surface area contributed by atoms with E-state index in [0.717, 1.165) is 35.0 Å². The lowest BCUT2D eigenvalue weighted by Crippen LogP contribution is -2.37. The zero-order valence-electron chi connectivity index (χ0n) is 19.5. The zero-order valence-corrected chi connectivity index (χ0v) is 20.3. The van der Waals surface area contributed by atoms with Gasteiger partial charge < -0.3 is 10.1 Å². The van der Waals surface area contributed by atoms with Crippen molar-refractivity contribution in [1.82, 2.24) is 15.2 Å². The normalized spacial score (nSPS) is 20.4. The van der Waals surface area contributed by atoms with Gasteiger partial charge in [-0.1, -0.05) is 30.3 Å². The van der Waals surface area contributed by atoms with Gasteiger partial charge in [0.1, 0.15) is 6.04 Å². The molecule has 1 saturated heterocycles. The highest BCUT2D eigenvalue weighted by molar-refractivity contribution is 7.98. The van der Waals surface area contributed by atoms with Crippen molar-refractivity contribution >= 4 is 34.5 Å². The molecule has 2 atom stereocenters. The number of hydrogen-bond donors (Lipinski definition) is 1. The van der Waals surface area contributed by atoms with Gasteiger partial charge in [-0.15, -0.1) is 11.8 Å². The fourth-order valence-electron chi connectivity index (χ4n) is 4.76. The summed E-state index contributed by atoms with van der Waals surface area (Å²) < 4.78 is 5.08. The van der Waals surface area contributed by atoms with Crippen molar-refractivity contribution < 1.29 is 14.3 Å². The van der Waals surface area contributed by atoms with E-state index in [-0.39, 0.29) is 24.0 Å². The fraction of sp³-hybridized carbons (Fsp3) is 0.370. The number of nitrogens with zero attached hydrogens (tertiary/aromatic N) is 2. The second kappa shape index (κ2) is 9.76. The minimum Gasteiger partial charge on any atom is -0.468 e. The minimum absolute atomic E-state index is 0.111.